The maximum atomic E-state index is 12.7. The monoisotopic (exact) mass is 512 g/mol. The Morgan fingerprint density at radius 1 is 1.05 bits per heavy atom. The zero-order valence-electron chi connectivity index (χ0n) is 19.8. The van der Waals surface area contributed by atoms with Crippen LogP contribution in [-0.4, -0.2) is 65.9 Å². The quantitative estimate of drug-likeness (QED) is 0.440. The van der Waals surface area contributed by atoms with Crippen LogP contribution < -0.4 is 0 Å². The van der Waals surface area contributed by atoms with E-state index in [0.717, 1.165) is 40.8 Å². The Balaban J connectivity index is 0.000000405. The highest BCUT2D eigenvalue weighted by Gasteiger charge is 2.38. The number of halogens is 3. The van der Waals surface area contributed by atoms with Crippen LogP contribution in [-0.2, 0) is 11.8 Å². The molecule has 1 N–H and O–H groups in total. The number of nitrogens with zero attached hydrogens (tertiary/aromatic N) is 6. The standard InChI is InChI=1S/C23H22N6O.C2HF3O2/c1-28-15-24-22-20(28)13-19(27-21(22)17-5-3-2-4-6-17)16-8-11-29(12-9-16)23(30)18-7-10-25-26-14-18;3-2(4,5)1(6)7/h2-7,10,13-16H,8-9,11-12H2,1H3;(H,6,7). The van der Waals surface area contributed by atoms with Crippen molar-refractivity contribution in [3.63, 3.8) is 0 Å². The molecule has 1 aromatic carbocycles. The maximum absolute atomic E-state index is 12.7. The highest BCUT2D eigenvalue weighted by molar-refractivity contribution is 5.94. The minimum absolute atomic E-state index is 0.0170. The van der Waals surface area contributed by atoms with E-state index in [1.165, 1.54) is 6.20 Å². The van der Waals surface area contributed by atoms with Crippen LogP contribution in [0.4, 0.5) is 13.2 Å². The number of amides is 1. The Hall–Kier alpha value is -4.35. The van der Waals surface area contributed by atoms with Gasteiger partial charge in [0.1, 0.15) is 5.52 Å². The van der Waals surface area contributed by atoms with E-state index >= 15 is 0 Å². The van der Waals surface area contributed by atoms with Gasteiger partial charge in [-0.05, 0) is 25.0 Å². The van der Waals surface area contributed by atoms with Gasteiger partial charge in [0.2, 0.25) is 0 Å². The lowest BCUT2D eigenvalue weighted by Gasteiger charge is -2.32. The molecular formula is C25H23F3N6O3. The lowest BCUT2D eigenvalue weighted by Crippen LogP contribution is -2.38. The molecule has 0 aliphatic carbocycles. The second-order valence-electron chi connectivity index (χ2n) is 8.49. The van der Waals surface area contributed by atoms with E-state index in [0.29, 0.717) is 24.6 Å². The topological polar surface area (TPSA) is 114 Å². The van der Waals surface area contributed by atoms with Crippen molar-refractivity contribution in [3.05, 3.63) is 72.4 Å². The molecular weight excluding hydrogens is 489 g/mol. The summed E-state index contributed by atoms with van der Waals surface area (Å²) >= 11 is 0. The molecule has 1 saturated heterocycles. The number of carboxylic acid groups (broad SMARTS) is 1. The number of aryl methyl sites for hydroxylation is 1. The van der Waals surface area contributed by atoms with Gasteiger partial charge in [0.15, 0.2) is 0 Å². The number of carboxylic acids is 1. The average Bonchev–Trinajstić information content (AvgIpc) is 3.29. The van der Waals surface area contributed by atoms with Crippen LogP contribution in [0.5, 0.6) is 0 Å². The summed E-state index contributed by atoms with van der Waals surface area (Å²) in [6, 6.07) is 14.1. The predicted molar refractivity (Wildman–Crippen MR) is 128 cm³/mol. The molecule has 0 unspecified atom stereocenters. The van der Waals surface area contributed by atoms with Gasteiger partial charge in [-0.1, -0.05) is 30.3 Å². The lowest BCUT2D eigenvalue weighted by molar-refractivity contribution is -0.192. The number of likely N-dealkylation sites (tertiary alicyclic amines) is 1. The van der Waals surface area contributed by atoms with Crippen LogP contribution in [0.2, 0.25) is 0 Å². The number of hydrogen-bond acceptors (Lipinski definition) is 6. The second-order valence-corrected chi connectivity index (χ2v) is 8.49. The van der Waals surface area contributed by atoms with Crippen LogP contribution in [0.3, 0.4) is 0 Å². The Bertz CT molecular complexity index is 1390. The molecule has 1 amide bonds. The summed E-state index contributed by atoms with van der Waals surface area (Å²) in [6.45, 7) is 1.41. The van der Waals surface area contributed by atoms with Crippen molar-refractivity contribution in [1.29, 1.82) is 0 Å². The van der Waals surface area contributed by atoms with Gasteiger partial charge in [-0.3, -0.25) is 9.78 Å². The smallest absolute Gasteiger partial charge is 0.475 e. The number of fused-ring (bicyclic) bond motifs is 1. The van der Waals surface area contributed by atoms with E-state index in [9.17, 15) is 18.0 Å². The van der Waals surface area contributed by atoms with E-state index in [4.69, 9.17) is 14.9 Å². The first kappa shape index (κ1) is 25.7. The number of aromatic nitrogens is 5. The normalized spacial score (nSPS) is 14.2. The first-order valence-electron chi connectivity index (χ1n) is 11.4. The van der Waals surface area contributed by atoms with Crippen molar-refractivity contribution in [2.45, 2.75) is 24.9 Å². The maximum Gasteiger partial charge on any atom is 0.490 e. The fourth-order valence-corrected chi connectivity index (χ4v) is 4.13. The Kier molecular flexibility index (Phi) is 7.46. The van der Waals surface area contributed by atoms with Crippen LogP contribution in [0, 0.1) is 0 Å². The summed E-state index contributed by atoms with van der Waals surface area (Å²) in [6.07, 6.45) is 1.60. The molecule has 0 saturated carbocycles. The number of rotatable bonds is 3. The molecule has 0 spiro atoms. The number of carbonyl (C=O) groups is 2. The number of carbonyl (C=O) groups excluding carboxylic acids is 1. The summed E-state index contributed by atoms with van der Waals surface area (Å²) in [7, 11) is 2.01. The minimum atomic E-state index is -5.08. The van der Waals surface area contributed by atoms with E-state index in [1.807, 2.05) is 41.0 Å². The number of aliphatic carboxylic acids is 1. The average molecular weight is 512 g/mol. The van der Waals surface area contributed by atoms with Gasteiger partial charge in [-0.2, -0.15) is 23.4 Å². The highest BCUT2D eigenvalue weighted by atomic mass is 19.4. The molecule has 0 radical (unpaired) electrons. The molecule has 0 bridgehead atoms. The van der Waals surface area contributed by atoms with Crippen molar-refractivity contribution in [2.24, 2.45) is 7.05 Å². The molecule has 1 fully saturated rings. The van der Waals surface area contributed by atoms with Crippen molar-refractivity contribution >= 4 is 22.9 Å². The summed E-state index contributed by atoms with van der Waals surface area (Å²) in [5, 5.41) is 14.7. The van der Waals surface area contributed by atoms with Gasteiger partial charge in [0, 0.05) is 37.3 Å². The highest BCUT2D eigenvalue weighted by Crippen LogP contribution is 2.33. The van der Waals surface area contributed by atoms with Crippen LogP contribution in [0.15, 0.2) is 61.2 Å². The van der Waals surface area contributed by atoms with E-state index in [-0.39, 0.29) is 5.91 Å². The third-order valence-electron chi connectivity index (χ3n) is 6.05. The number of benzene rings is 1. The van der Waals surface area contributed by atoms with Gasteiger partial charge in [0.25, 0.3) is 5.91 Å². The zero-order chi connectivity index (χ0) is 26.6. The van der Waals surface area contributed by atoms with Crippen LogP contribution >= 0.6 is 0 Å². The van der Waals surface area contributed by atoms with Gasteiger partial charge >= 0.3 is 12.1 Å². The largest absolute Gasteiger partial charge is 0.490 e. The molecule has 1 aliphatic heterocycles. The van der Waals surface area contributed by atoms with Gasteiger partial charge < -0.3 is 14.6 Å². The molecule has 0 atom stereocenters. The second kappa shape index (κ2) is 10.7. The molecule has 12 heteroatoms. The van der Waals surface area contributed by atoms with Gasteiger partial charge in [-0.15, -0.1) is 0 Å². The first-order valence-corrected chi connectivity index (χ1v) is 11.4. The Morgan fingerprint density at radius 2 is 1.73 bits per heavy atom. The van der Waals surface area contributed by atoms with Gasteiger partial charge in [0.05, 0.1) is 35.5 Å². The number of pyridine rings is 1. The summed E-state index contributed by atoms with van der Waals surface area (Å²) < 4.78 is 33.8. The molecule has 9 nitrogen and oxygen atoms in total. The van der Waals surface area contributed by atoms with Crippen molar-refractivity contribution < 1.29 is 27.9 Å². The molecule has 192 valence electrons. The minimum Gasteiger partial charge on any atom is -0.475 e. The predicted octanol–water partition coefficient (Wildman–Crippen LogP) is 4.08. The van der Waals surface area contributed by atoms with Crippen molar-refractivity contribution in [1.82, 2.24) is 29.6 Å². The fraction of sp³-hybridized carbons (Fsp3) is 0.280. The summed E-state index contributed by atoms with van der Waals surface area (Å²) in [4.78, 5) is 33.1. The Morgan fingerprint density at radius 3 is 2.32 bits per heavy atom. The first-order chi connectivity index (χ1) is 17.6. The molecule has 1 aliphatic rings. The van der Waals surface area contributed by atoms with E-state index < -0.39 is 12.1 Å². The van der Waals surface area contributed by atoms with Crippen molar-refractivity contribution in [3.8, 4) is 11.3 Å². The molecule has 5 rings (SSSR count). The summed E-state index contributed by atoms with van der Waals surface area (Å²) in [5.74, 6) is -2.43. The summed E-state index contributed by atoms with van der Waals surface area (Å²) in [5.41, 5.74) is 5.66. The van der Waals surface area contributed by atoms with E-state index in [2.05, 4.69) is 33.4 Å². The third-order valence-corrected chi connectivity index (χ3v) is 6.05. The lowest BCUT2D eigenvalue weighted by atomic mass is 9.92. The van der Waals surface area contributed by atoms with Crippen LogP contribution in [0.25, 0.3) is 22.3 Å². The molecule has 4 aromatic rings. The zero-order valence-corrected chi connectivity index (χ0v) is 19.8. The fourth-order valence-electron chi connectivity index (χ4n) is 4.13. The molecule has 37 heavy (non-hydrogen) atoms. The van der Waals surface area contributed by atoms with Crippen LogP contribution in [0.1, 0.15) is 34.8 Å². The SMILES string of the molecule is Cn1cnc2c(-c3ccccc3)nc(C3CCN(C(=O)c4ccnnc4)CC3)cc21.O=C(O)C(F)(F)F. The van der Waals surface area contributed by atoms with Gasteiger partial charge in [-0.25, -0.2) is 9.78 Å². The van der Waals surface area contributed by atoms with Crippen molar-refractivity contribution in [2.75, 3.05) is 13.1 Å². The molecule has 4 heterocycles. The number of piperidine rings is 1. The third kappa shape index (κ3) is 5.90. The Labute approximate surface area is 209 Å². The molecule has 3 aromatic heterocycles. The number of alkyl halides is 3. The number of imidazole rings is 1. The number of hydrogen-bond donors (Lipinski definition) is 1. The van der Waals surface area contributed by atoms with E-state index in [1.54, 1.807) is 12.3 Å².